The third-order valence-electron chi connectivity index (χ3n) is 4.33. The molecule has 3 rings (SSSR count). The monoisotopic (exact) mass is 374 g/mol. The number of hydrogen-bond donors (Lipinski definition) is 3. The number of rotatable bonds is 5. The van der Waals surface area contributed by atoms with Gasteiger partial charge in [-0.05, 0) is 35.7 Å². The lowest BCUT2D eigenvalue weighted by molar-refractivity contribution is -0.137. The predicted octanol–water partition coefficient (Wildman–Crippen LogP) is 4.09. The molecule has 1 aromatic heterocycles. The van der Waals surface area contributed by atoms with E-state index in [1.165, 1.54) is 23.1 Å². The van der Waals surface area contributed by atoms with Gasteiger partial charge in [0.25, 0.3) is 0 Å². The van der Waals surface area contributed by atoms with Crippen LogP contribution in [0, 0.1) is 0 Å². The summed E-state index contributed by atoms with van der Waals surface area (Å²) in [5.41, 5.74) is 2.43. The number of halogens is 3. The van der Waals surface area contributed by atoms with Crippen molar-refractivity contribution >= 4 is 16.9 Å². The zero-order valence-corrected chi connectivity index (χ0v) is 14.9. The van der Waals surface area contributed by atoms with E-state index in [0.29, 0.717) is 19.0 Å². The van der Waals surface area contributed by atoms with Crippen molar-refractivity contribution in [2.45, 2.75) is 19.1 Å². The van der Waals surface area contributed by atoms with Gasteiger partial charge in [0.05, 0.1) is 5.56 Å². The number of aliphatic imine (C=N–C) groups is 1. The summed E-state index contributed by atoms with van der Waals surface area (Å²) in [4.78, 5) is 7.40. The second kappa shape index (κ2) is 8.16. The molecule has 2 aromatic carbocycles. The van der Waals surface area contributed by atoms with Crippen LogP contribution in [0.4, 0.5) is 13.2 Å². The van der Waals surface area contributed by atoms with Crippen molar-refractivity contribution in [3.8, 4) is 0 Å². The molecule has 0 aliphatic heterocycles. The van der Waals surface area contributed by atoms with Crippen LogP contribution in [0.2, 0.25) is 0 Å². The van der Waals surface area contributed by atoms with Gasteiger partial charge in [0.15, 0.2) is 5.96 Å². The molecule has 0 aliphatic carbocycles. The van der Waals surface area contributed by atoms with Crippen molar-refractivity contribution in [3.05, 3.63) is 71.4 Å². The maximum Gasteiger partial charge on any atom is 0.416 e. The molecular formula is C20H21F3N4. The highest BCUT2D eigenvalue weighted by atomic mass is 19.4. The average molecular weight is 374 g/mol. The molecule has 7 heteroatoms. The number of para-hydroxylation sites is 1. The van der Waals surface area contributed by atoms with E-state index in [2.05, 4.69) is 26.7 Å². The van der Waals surface area contributed by atoms with Gasteiger partial charge in [0.1, 0.15) is 0 Å². The van der Waals surface area contributed by atoms with Crippen LogP contribution in [0.5, 0.6) is 0 Å². The first-order chi connectivity index (χ1) is 13.0. The molecule has 3 aromatic rings. The first kappa shape index (κ1) is 18.8. The highest BCUT2D eigenvalue weighted by molar-refractivity contribution is 5.83. The summed E-state index contributed by atoms with van der Waals surface area (Å²) in [6.45, 7) is 1.08. The number of nitrogens with zero attached hydrogens (tertiary/aromatic N) is 1. The third kappa shape index (κ3) is 4.81. The number of benzene rings is 2. The van der Waals surface area contributed by atoms with Gasteiger partial charge in [0.2, 0.25) is 0 Å². The van der Waals surface area contributed by atoms with E-state index in [9.17, 15) is 13.2 Å². The highest BCUT2D eigenvalue weighted by Crippen LogP contribution is 2.29. The lowest BCUT2D eigenvalue weighted by Crippen LogP contribution is -2.37. The number of fused-ring (bicyclic) bond motifs is 1. The van der Waals surface area contributed by atoms with E-state index in [0.717, 1.165) is 29.6 Å². The maximum absolute atomic E-state index is 12.6. The number of alkyl halides is 3. The molecule has 0 bridgehead atoms. The number of hydrogen-bond acceptors (Lipinski definition) is 1. The Bertz CT molecular complexity index is 911. The van der Waals surface area contributed by atoms with Crippen molar-refractivity contribution < 1.29 is 13.2 Å². The van der Waals surface area contributed by atoms with Crippen LogP contribution in [-0.2, 0) is 19.1 Å². The summed E-state index contributed by atoms with van der Waals surface area (Å²) in [7, 11) is 1.66. The van der Waals surface area contributed by atoms with Gasteiger partial charge in [-0.1, -0.05) is 30.3 Å². The summed E-state index contributed by atoms with van der Waals surface area (Å²) < 4.78 is 37.8. The van der Waals surface area contributed by atoms with E-state index in [1.54, 1.807) is 7.05 Å². The molecule has 4 nitrogen and oxygen atoms in total. The van der Waals surface area contributed by atoms with Crippen LogP contribution < -0.4 is 10.6 Å². The Morgan fingerprint density at radius 1 is 1.04 bits per heavy atom. The largest absolute Gasteiger partial charge is 0.416 e. The van der Waals surface area contributed by atoms with Crippen LogP contribution in [0.1, 0.15) is 16.7 Å². The molecule has 0 unspecified atom stereocenters. The van der Waals surface area contributed by atoms with Gasteiger partial charge >= 0.3 is 6.18 Å². The number of guanidine groups is 1. The van der Waals surface area contributed by atoms with E-state index >= 15 is 0 Å². The van der Waals surface area contributed by atoms with E-state index < -0.39 is 11.7 Å². The lowest BCUT2D eigenvalue weighted by atomic mass is 10.1. The van der Waals surface area contributed by atoms with Crippen LogP contribution >= 0.6 is 0 Å². The molecule has 27 heavy (non-hydrogen) atoms. The highest BCUT2D eigenvalue weighted by Gasteiger charge is 2.29. The molecule has 142 valence electrons. The van der Waals surface area contributed by atoms with Gasteiger partial charge in [-0.2, -0.15) is 13.2 Å². The van der Waals surface area contributed by atoms with Crippen molar-refractivity contribution in [2.75, 3.05) is 13.6 Å². The normalized spacial score (nSPS) is 12.4. The first-order valence-corrected chi connectivity index (χ1v) is 8.63. The van der Waals surface area contributed by atoms with Gasteiger partial charge in [-0.15, -0.1) is 0 Å². The second-order valence-electron chi connectivity index (χ2n) is 6.16. The van der Waals surface area contributed by atoms with Gasteiger partial charge in [-0.3, -0.25) is 4.99 Å². The minimum Gasteiger partial charge on any atom is -0.361 e. The number of H-pyrrole nitrogens is 1. The van der Waals surface area contributed by atoms with Crippen LogP contribution in [0.15, 0.2) is 59.7 Å². The second-order valence-corrected chi connectivity index (χ2v) is 6.16. The molecular weight excluding hydrogens is 353 g/mol. The van der Waals surface area contributed by atoms with Crippen molar-refractivity contribution in [3.63, 3.8) is 0 Å². The minimum atomic E-state index is -4.31. The number of nitrogens with one attached hydrogen (secondary N) is 3. The van der Waals surface area contributed by atoms with Crippen molar-refractivity contribution in [1.82, 2.24) is 15.6 Å². The molecule has 0 fully saturated rings. The van der Waals surface area contributed by atoms with Crippen molar-refractivity contribution in [1.29, 1.82) is 0 Å². The van der Waals surface area contributed by atoms with E-state index in [4.69, 9.17) is 0 Å². The lowest BCUT2D eigenvalue weighted by Gasteiger charge is -2.12. The summed E-state index contributed by atoms with van der Waals surface area (Å²) in [5, 5.41) is 7.54. The first-order valence-electron chi connectivity index (χ1n) is 8.63. The fraction of sp³-hybridized carbons (Fsp3) is 0.250. The zero-order valence-electron chi connectivity index (χ0n) is 14.9. The van der Waals surface area contributed by atoms with Crippen LogP contribution in [0.3, 0.4) is 0 Å². The molecule has 0 spiro atoms. The Balaban J connectivity index is 1.49. The van der Waals surface area contributed by atoms with Gasteiger partial charge in [0, 0.05) is 37.2 Å². The summed E-state index contributed by atoms with van der Waals surface area (Å²) >= 11 is 0. The Labute approximate surface area is 155 Å². The summed E-state index contributed by atoms with van der Waals surface area (Å²) in [6.07, 6.45) is -1.48. The Morgan fingerprint density at radius 3 is 2.48 bits per heavy atom. The molecule has 0 atom stereocenters. The SMILES string of the molecule is CN=C(NCCc1c[nH]c2ccccc12)NCc1ccc(C(F)(F)F)cc1. The topological polar surface area (TPSA) is 52.2 Å². The van der Waals surface area contributed by atoms with E-state index in [-0.39, 0.29) is 0 Å². The van der Waals surface area contributed by atoms with Gasteiger partial charge in [-0.25, -0.2) is 0 Å². The zero-order chi connectivity index (χ0) is 19.3. The molecule has 0 amide bonds. The Kier molecular flexibility index (Phi) is 5.69. The summed E-state index contributed by atoms with van der Waals surface area (Å²) in [6, 6.07) is 13.2. The van der Waals surface area contributed by atoms with Gasteiger partial charge < -0.3 is 15.6 Å². The molecule has 0 radical (unpaired) electrons. The molecule has 0 saturated carbocycles. The van der Waals surface area contributed by atoms with E-state index in [1.807, 2.05) is 24.4 Å². The Hall–Kier alpha value is -2.96. The van der Waals surface area contributed by atoms with Crippen LogP contribution in [-0.4, -0.2) is 24.5 Å². The van der Waals surface area contributed by atoms with Crippen LogP contribution in [0.25, 0.3) is 10.9 Å². The fourth-order valence-electron chi connectivity index (χ4n) is 2.87. The fourth-order valence-corrected chi connectivity index (χ4v) is 2.87. The predicted molar refractivity (Wildman–Crippen MR) is 102 cm³/mol. The molecule has 1 heterocycles. The minimum absolute atomic E-state index is 0.394. The number of aromatic nitrogens is 1. The smallest absolute Gasteiger partial charge is 0.361 e. The van der Waals surface area contributed by atoms with Crippen molar-refractivity contribution in [2.24, 2.45) is 4.99 Å². The Morgan fingerprint density at radius 2 is 1.78 bits per heavy atom. The standard InChI is InChI=1S/C20H21F3N4/c1-24-19(27-12-14-6-8-16(9-7-14)20(21,22)23)25-11-10-15-13-26-18-5-3-2-4-17(15)18/h2-9,13,26H,10-12H2,1H3,(H2,24,25,27). The average Bonchev–Trinajstić information content (AvgIpc) is 3.07. The maximum atomic E-state index is 12.6. The molecule has 0 saturated heterocycles. The number of aromatic amines is 1. The molecule has 0 aliphatic rings. The third-order valence-corrected chi connectivity index (χ3v) is 4.33. The molecule has 3 N–H and O–H groups in total. The quantitative estimate of drug-likeness (QED) is 0.465. The summed E-state index contributed by atoms with van der Waals surface area (Å²) in [5.74, 6) is 0.606.